The topological polar surface area (TPSA) is 59.8 Å². The van der Waals surface area contributed by atoms with Crippen LogP contribution < -0.4 is 5.32 Å². The van der Waals surface area contributed by atoms with Crippen molar-refractivity contribution in [1.29, 1.82) is 0 Å². The first-order chi connectivity index (χ1) is 11.5. The summed E-state index contributed by atoms with van der Waals surface area (Å²) in [7, 11) is 0. The van der Waals surface area contributed by atoms with Gasteiger partial charge in [0.25, 0.3) is 5.91 Å². The van der Waals surface area contributed by atoms with E-state index in [0.717, 1.165) is 0 Å². The van der Waals surface area contributed by atoms with Crippen molar-refractivity contribution >= 4 is 23.5 Å². The maximum absolute atomic E-state index is 13.8. The molecule has 2 aromatic carbocycles. The van der Waals surface area contributed by atoms with Crippen molar-refractivity contribution in [2.75, 3.05) is 5.32 Å². The zero-order valence-corrected chi connectivity index (χ0v) is 13.0. The van der Waals surface area contributed by atoms with E-state index in [9.17, 15) is 13.6 Å². The van der Waals surface area contributed by atoms with Gasteiger partial charge in [-0.2, -0.15) is 0 Å². The fourth-order valence-electron chi connectivity index (χ4n) is 2.05. The molecule has 8 heteroatoms. The third-order valence-corrected chi connectivity index (χ3v) is 3.60. The number of nitrogens with zero attached hydrogens (tertiary/aromatic N) is 3. The Morgan fingerprint density at radius 1 is 1.17 bits per heavy atom. The lowest BCUT2D eigenvalue weighted by Crippen LogP contribution is -2.13. The fraction of sp³-hybridized carbons (Fsp3) is 0.0625. The fourth-order valence-corrected chi connectivity index (χ4v) is 2.27. The van der Waals surface area contributed by atoms with Gasteiger partial charge >= 0.3 is 0 Å². The number of amides is 1. The smallest absolute Gasteiger partial charge is 0.258 e. The first-order valence-corrected chi connectivity index (χ1v) is 7.30. The summed E-state index contributed by atoms with van der Waals surface area (Å²) < 4.78 is 28.0. The number of hydrogen-bond donors (Lipinski definition) is 1. The van der Waals surface area contributed by atoms with Gasteiger partial charge in [0.1, 0.15) is 18.0 Å². The van der Waals surface area contributed by atoms with Gasteiger partial charge in [0, 0.05) is 16.1 Å². The molecule has 0 fully saturated rings. The summed E-state index contributed by atoms with van der Waals surface area (Å²) in [6.45, 7) is 0.0743. The molecule has 122 valence electrons. The molecule has 0 saturated heterocycles. The molecule has 0 aliphatic carbocycles. The second-order valence-electron chi connectivity index (χ2n) is 4.93. The minimum Gasteiger partial charge on any atom is -0.289 e. The van der Waals surface area contributed by atoms with Crippen molar-refractivity contribution in [3.05, 3.63) is 76.6 Å². The molecule has 0 bridgehead atoms. The summed E-state index contributed by atoms with van der Waals surface area (Å²) in [5, 5.41) is 6.81. The minimum absolute atomic E-state index is 0.0526. The predicted octanol–water partition coefficient (Wildman–Crippen LogP) is 3.51. The highest BCUT2D eigenvalue weighted by atomic mass is 35.5. The van der Waals surface area contributed by atoms with Crippen molar-refractivity contribution in [1.82, 2.24) is 14.8 Å². The summed E-state index contributed by atoms with van der Waals surface area (Å²) in [5.74, 6) is -1.31. The minimum atomic E-state index is -0.475. The monoisotopic (exact) mass is 348 g/mol. The lowest BCUT2D eigenvalue weighted by atomic mass is 10.2. The Morgan fingerprint density at radius 2 is 1.92 bits per heavy atom. The van der Waals surface area contributed by atoms with Crippen molar-refractivity contribution in [2.24, 2.45) is 0 Å². The van der Waals surface area contributed by atoms with Gasteiger partial charge in [-0.3, -0.25) is 10.1 Å². The normalized spacial score (nSPS) is 10.6. The standard InChI is InChI=1S/C16H11ClF2N4O/c17-13-2-1-3-14(19)12(13)8-23-9-20-16(22-23)21-15(24)10-4-6-11(18)7-5-10/h1-7,9H,8H2,(H,21,22,24). The molecule has 1 amide bonds. The molecule has 1 N–H and O–H groups in total. The van der Waals surface area contributed by atoms with E-state index in [0.29, 0.717) is 0 Å². The average Bonchev–Trinajstić information content (AvgIpc) is 2.99. The molecule has 0 spiro atoms. The molecule has 0 aliphatic heterocycles. The molecule has 1 aromatic heterocycles. The van der Waals surface area contributed by atoms with E-state index < -0.39 is 17.5 Å². The summed E-state index contributed by atoms with van der Waals surface area (Å²) in [6, 6.07) is 9.45. The predicted molar refractivity (Wildman–Crippen MR) is 84.9 cm³/mol. The number of anilines is 1. The molecular weight excluding hydrogens is 338 g/mol. The second kappa shape index (κ2) is 6.76. The maximum Gasteiger partial charge on any atom is 0.258 e. The Morgan fingerprint density at radius 3 is 2.62 bits per heavy atom. The van der Waals surface area contributed by atoms with E-state index in [1.54, 1.807) is 6.07 Å². The lowest BCUT2D eigenvalue weighted by molar-refractivity contribution is 0.102. The van der Waals surface area contributed by atoms with Crippen LogP contribution >= 0.6 is 11.6 Å². The van der Waals surface area contributed by atoms with Crippen LogP contribution in [0.15, 0.2) is 48.8 Å². The highest BCUT2D eigenvalue weighted by molar-refractivity contribution is 6.31. The summed E-state index contributed by atoms with van der Waals surface area (Å²) >= 11 is 5.96. The van der Waals surface area contributed by atoms with Crippen molar-refractivity contribution in [3.8, 4) is 0 Å². The molecule has 24 heavy (non-hydrogen) atoms. The highest BCUT2D eigenvalue weighted by Crippen LogP contribution is 2.19. The Labute approximate surface area is 140 Å². The van der Waals surface area contributed by atoms with E-state index in [4.69, 9.17) is 11.6 Å². The van der Waals surface area contributed by atoms with Gasteiger partial charge < -0.3 is 0 Å². The zero-order chi connectivity index (χ0) is 17.1. The number of benzene rings is 2. The summed E-state index contributed by atoms with van der Waals surface area (Å²) in [6.07, 6.45) is 1.35. The molecule has 0 aliphatic rings. The van der Waals surface area contributed by atoms with Crippen LogP contribution in [0.5, 0.6) is 0 Å². The van der Waals surface area contributed by atoms with Gasteiger partial charge in [-0.05, 0) is 36.4 Å². The van der Waals surface area contributed by atoms with Crippen LogP contribution in [0.1, 0.15) is 15.9 Å². The molecule has 0 radical (unpaired) electrons. The lowest BCUT2D eigenvalue weighted by Gasteiger charge is -2.05. The molecule has 1 heterocycles. The first-order valence-electron chi connectivity index (χ1n) is 6.92. The van der Waals surface area contributed by atoms with E-state index in [-0.39, 0.29) is 28.6 Å². The van der Waals surface area contributed by atoms with Crippen molar-refractivity contribution < 1.29 is 13.6 Å². The van der Waals surface area contributed by atoms with E-state index in [2.05, 4.69) is 15.4 Å². The molecule has 0 unspecified atom stereocenters. The maximum atomic E-state index is 13.8. The van der Waals surface area contributed by atoms with Crippen molar-refractivity contribution in [3.63, 3.8) is 0 Å². The molecule has 3 aromatic rings. The van der Waals surface area contributed by atoms with Gasteiger partial charge in [0.05, 0.1) is 6.54 Å². The van der Waals surface area contributed by atoms with Gasteiger partial charge in [-0.15, -0.1) is 5.10 Å². The number of rotatable bonds is 4. The largest absolute Gasteiger partial charge is 0.289 e. The Hall–Kier alpha value is -2.80. The summed E-state index contributed by atoms with van der Waals surface area (Å²) in [5.41, 5.74) is 0.547. The van der Waals surface area contributed by atoms with Crippen LogP contribution in [0.2, 0.25) is 5.02 Å². The molecule has 0 atom stereocenters. The number of carbonyl (C=O) groups excluding carboxylic acids is 1. The number of halogens is 3. The molecule has 5 nitrogen and oxygen atoms in total. The van der Waals surface area contributed by atoms with Crippen LogP contribution in [0.4, 0.5) is 14.7 Å². The molecule has 0 saturated carbocycles. The average molecular weight is 349 g/mol. The number of carbonyl (C=O) groups is 1. The summed E-state index contributed by atoms with van der Waals surface area (Å²) in [4.78, 5) is 15.9. The van der Waals surface area contributed by atoms with E-state index in [1.807, 2.05) is 0 Å². The quantitative estimate of drug-likeness (QED) is 0.785. The highest BCUT2D eigenvalue weighted by Gasteiger charge is 2.12. The van der Waals surface area contributed by atoms with Crippen LogP contribution in [0.3, 0.4) is 0 Å². The van der Waals surface area contributed by atoms with Gasteiger partial charge in [0.15, 0.2) is 0 Å². The zero-order valence-electron chi connectivity index (χ0n) is 12.2. The molecular formula is C16H11ClF2N4O. The SMILES string of the molecule is O=C(Nc1ncn(Cc2c(F)cccc2Cl)n1)c1ccc(F)cc1. The Balaban J connectivity index is 1.71. The Kier molecular flexibility index (Phi) is 4.52. The van der Waals surface area contributed by atoms with Gasteiger partial charge in [-0.1, -0.05) is 17.7 Å². The van der Waals surface area contributed by atoms with Crippen LogP contribution in [-0.4, -0.2) is 20.7 Å². The van der Waals surface area contributed by atoms with Crippen LogP contribution in [-0.2, 0) is 6.54 Å². The van der Waals surface area contributed by atoms with Crippen LogP contribution in [0.25, 0.3) is 0 Å². The third-order valence-electron chi connectivity index (χ3n) is 3.25. The van der Waals surface area contributed by atoms with Gasteiger partial charge in [-0.25, -0.2) is 18.4 Å². The van der Waals surface area contributed by atoms with E-state index >= 15 is 0 Å². The number of hydrogen-bond acceptors (Lipinski definition) is 3. The number of aromatic nitrogens is 3. The third kappa shape index (κ3) is 3.57. The Bertz CT molecular complexity index is 860. The van der Waals surface area contributed by atoms with Gasteiger partial charge in [0.2, 0.25) is 5.95 Å². The molecule has 3 rings (SSSR count). The first kappa shape index (κ1) is 16.1. The second-order valence-corrected chi connectivity index (χ2v) is 5.33. The van der Waals surface area contributed by atoms with Crippen molar-refractivity contribution in [2.45, 2.75) is 6.54 Å². The number of nitrogens with one attached hydrogen (secondary N) is 1. The van der Waals surface area contributed by atoms with E-state index in [1.165, 1.54) is 47.4 Å². The van der Waals surface area contributed by atoms with Crippen LogP contribution in [0, 0.1) is 11.6 Å².